The van der Waals surface area contributed by atoms with Crippen molar-refractivity contribution in [3.8, 4) is 0 Å². The second-order valence-electron chi connectivity index (χ2n) is 4.20. The monoisotopic (exact) mass is 262 g/mol. The maximum Gasteiger partial charge on any atom is 0.326 e. The molecular formula is C14H22N4O. The second kappa shape index (κ2) is 7.41. The van der Waals surface area contributed by atoms with Gasteiger partial charge in [-0.25, -0.2) is 4.79 Å². The van der Waals surface area contributed by atoms with E-state index in [0.717, 1.165) is 16.8 Å². The van der Waals surface area contributed by atoms with E-state index < -0.39 is 0 Å². The molecule has 0 radical (unpaired) electrons. The van der Waals surface area contributed by atoms with Crippen LogP contribution in [-0.4, -0.2) is 25.1 Å². The van der Waals surface area contributed by atoms with E-state index in [2.05, 4.69) is 20.9 Å². The molecule has 5 heteroatoms. The number of amides is 2. The lowest BCUT2D eigenvalue weighted by Gasteiger charge is -2.14. The van der Waals surface area contributed by atoms with Crippen LogP contribution in [0.2, 0.25) is 0 Å². The molecule has 3 N–H and O–H groups in total. The van der Waals surface area contributed by atoms with Gasteiger partial charge in [0.15, 0.2) is 5.96 Å². The number of carbonyl (C=O) groups is 1. The highest BCUT2D eigenvalue weighted by Crippen LogP contribution is 2.18. The topological polar surface area (TPSA) is 65.5 Å². The van der Waals surface area contributed by atoms with Gasteiger partial charge < -0.3 is 10.6 Å². The lowest BCUT2D eigenvalue weighted by Crippen LogP contribution is -2.43. The molecule has 0 fully saturated rings. The first-order valence-electron chi connectivity index (χ1n) is 6.51. The molecule has 5 nitrogen and oxygen atoms in total. The normalized spacial score (nSPS) is 11.1. The molecule has 0 unspecified atom stereocenters. The third-order valence-corrected chi connectivity index (χ3v) is 2.61. The number of nitrogens with one attached hydrogen (secondary N) is 3. The Balaban J connectivity index is 2.72. The quantitative estimate of drug-likeness (QED) is 0.578. The van der Waals surface area contributed by atoms with E-state index in [4.69, 9.17) is 0 Å². The highest BCUT2D eigenvalue weighted by Gasteiger charge is 2.08. The number of aliphatic imine (C=N–C) groups is 1. The molecule has 0 aromatic heterocycles. The highest BCUT2D eigenvalue weighted by atomic mass is 16.2. The number of hydrogen-bond donors (Lipinski definition) is 3. The maximum atomic E-state index is 11.9. The lowest BCUT2D eigenvalue weighted by molar-refractivity contribution is 0.256. The zero-order valence-electron chi connectivity index (χ0n) is 12.0. The van der Waals surface area contributed by atoms with Crippen molar-refractivity contribution in [3.05, 3.63) is 29.3 Å². The average Bonchev–Trinajstić information content (AvgIpc) is 2.35. The van der Waals surface area contributed by atoms with Crippen molar-refractivity contribution in [3.63, 3.8) is 0 Å². The predicted octanol–water partition coefficient (Wildman–Crippen LogP) is 2.41. The SMILES string of the molecule is CCN=C(NCC)NC(=O)Nc1c(C)cccc1C. The summed E-state index contributed by atoms with van der Waals surface area (Å²) in [6.07, 6.45) is 0. The zero-order chi connectivity index (χ0) is 14.3. The summed E-state index contributed by atoms with van der Waals surface area (Å²) in [5, 5.41) is 8.57. The van der Waals surface area contributed by atoms with E-state index in [0.29, 0.717) is 19.0 Å². The molecule has 2 amide bonds. The highest BCUT2D eigenvalue weighted by molar-refractivity contribution is 6.03. The standard InChI is InChI=1S/C14H22N4O/c1-5-15-13(16-6-2)18-14(19)17-12-10(3)8-7-9-11(12)4/h7-9H,5-6H2,1-4H3,(H3,15,16,17,18,19). The van der Waals surface area contributed by atoms with Crippen molar-refractivity contribution in [2.24, 2.45) is 4.99 Å². The number of urea groups is 1. The summed E-state index contributed by atoms with van der Waals surface area (Å²) in [5.74, 6) is 0.494. The summed E-state index contributed by atoms with van der Waals surface area (Å²) in [4.78, 5) is 16.1. The van der Waals surface area contributed by atoms with Gasteiger partial charge in [0, 0.05) is 18.8 Å². The summed E-state index contributed by atoms with van der Waals surface area (Å²) in [6, 6.07) is 5.61. The van der Waals surface area contributed by atoms with Crippen LogP contribution < -0.4 is 16.0 Å². The fraction of sp³-hybridized carbons (Fsp3) is 0.429. The summed E-state index contributed by atoms with van der Waals surface area (Å²) in [6.45, 7) is 9.13. The Bertz CT molecular complexity index is 448. The summed E-state index contributed by atoms with van der Waals surface area (Å²) >= 11 is 0. The molecule has 0 bridgehead atoms. The van der Waals surface area contributed by atoms with Crippen LogP contribution in [0, 0.1) is 13.8 Å². The van der Waals surface area contributed by atoms with Gasteiger partial charge in [0.1, 0.15) is 0 Å². The van der Waals surface area contributed by atoms with Crippen molar-refractivity contribution < 1.29 is 4.79 Å². The van der Waals surface area contributed by atoms with Crippen molar-refractivity contribution in [2.45, 2.75) is 27.7 Å². The van der Waals surface area contributed by atoms with Crippen LogP contribution in [0.1, 0.15) is 25.0 Å². The van der Waals surface area contributed by atoms with Gasteiger partial charge in [-0.15, -0.1) is 0 Å². The fourth-order valence-corrected chi connectivity index (χ4v) is 1.73. The molecule has 1 rings (SSSR count). The van der Waals surface area contributed by atoms with Crippen LogP contribution in [-0.2, 0) is 0 Å². The first-order chi connectivity index (χ1) is 9.08. The van der Waals surface area contributed by atoms with Crippen LogP contribution >= 0.6 is 0 Å². The van der Waals surface area contributed by atoms with E-state index in [1.807, 2.05) is 45.9 Å². The van der Waals surface area contributed by atoms with Gasteiger partial charge in [-0.3, -0.25) is 10.3 Å². The third-order valence-electron chi connectivity index (χ3n) is 2.61. The molecule has 19 heavy (non-hydrogen) atoms. The van der Waals surface area contributed by atoms with Gasteiger partial charge in [0.25, 0.3) is 0 Å². The molecular weight excluding hydrogens is 240 g/mol. The minimum absolute atomic E-state index is 0.287. The average molecular weight is 262 g/mol. The van der Waals surface area contributed by atoms with Crippen LogP contribution in [0.25, 0.3) is 0 Å². The van der Waals surface area contributed by atoms with Crippen molar-refractivity contribution >= 4 is 17.7 Å². The second-order valence-corrected chi connectivity index (χ2v) is 4.20. The van der Waals surface area contributed by atoms with Gasteiger partial charge in [-0.05, 0) is 38.8 Å². The number of para-hydroxylation sites is 1. The van der Waals surface area contributed by atoms with Crippen molar-refractivity contribution in [2.75, 3.05) is 18.4 Å². The van der Waals surface area contributed by atoms with Crippen molar-refractivity contribution in [1.82, 2.24) is 10.6 Å². The number of benzene rings is 1. The maximum absolute atomic E-state index is 11.9. The number of rotatable bonds is 3. The Kier molecular flexibility index (Phi) is 5.85. The Hall–Kier alpha value is -2.04. The minimum Gasteiger partial charge on any atom is -0.356 e. The molecule has 0 atom stereocenters. The lowest BCUT2D eigenvalue weighted by atomic mass is 10.1. The van der Waals surface area contributed by atoms with Crippen LogP contribution in [0.15, 0.2) is 23.2 Å². The molecule has 0 aliphatic carbocycles. The van der Waals surface area contributed by atoms with Crippen LogP contribution in [0.3, 0.4) is 0 Å². The molecule has 0 aliphatic heterocycles. The molecule has 0 saturated carbocycles. The number of anilines is 1. The van der Waals surface area contributed by atoms with Gasteiger partial charge in [-0.1, -0.05) is 18.2 Å². The Morgan fingerprint density at radius 3 is 2.37 bits per heavy atom. The zero-order valence-corrected chi connectivity index (χ0v) is 12.0. The Morgan fingerprint density at radius 1 is 1.21 bits per heavy atom. The number of aryl methyl sites for hydroxylation is 2. The van der Waals surface area contributed by atoms with Crippen LogP contribution in [0.5, 0.6) is 0 Å². The summed E-state index contributed by atoms with van der Waals surface area (Å²) in [5.41, 5.74) is 2.91. The number of carbonyl (C=O) groups excluding carboxylic acids is 1. The molecule has 1 aromatic carbocycles. The predicted molar refractivity (Wildman–Crippen MR) is 79.7 cm³/mol. The molecule has 0 aliphatic rings. The Morgan fingerprint density at radius 2 is 1.84 bits per heavy atom. The van der Waals surface area contributed by atoms with Gasteiger partial charge in [0.2, 0.25) is 0 Å². The van der Waals surface area contributed by atoms with Crippen LogP contribution in [0.4, 0.5) is 10.5 Å². The smallest absolute Gasteiger partial charge is 0.326 e. The molecule has 0 heterocycles. The van der Waals surface area contributed by atoms with Gasteiger partial charge >= 0.3 is 6.03 Å². The van der Waals surface area contributed by atoms with Gasteiger partial charge in [0.05, 0.1) is 0 Å². The number of guanidine groups is 1. The van der Waals surface area contributed by atoms with Crippen molar-refractivity contribution in [1.29, 1.82) is 0 Å². The molecule has 1 aromatic rings. The first kappa shape index (κ1) is 15.0. The van der Waals surface area contributed by atoms with Gasteiger partial charge in [-0.2, -0.15) is 0 Å². The van der Waals surface area contributed by atoms with E-state index >= 15 is 0 Å². The third kappa shape index (κ3) is 4.62. The summed E-state index contributed by atoms with van der Waals surface area (Å²) in [7, 11) is 0. The fourth-order valence-electron chi connectivity index (χ4n) is 1.73. The summed E-state index contributed by atoms with van der Waals surface area (Å²) < 4.78 is 0. The van der Waals surface area contributed by atoms with E-state index in [1.54, 1.807) is 0 Å². The Labute approximate surface area is 114 Å². The van der Waals surface area contributed by atoms with E-state index in [9.17, 15) is 4.79 Å². The van der Waals surface area contributed by atoms with E-state index in [1.165, 1.54) is 0 Å². The number of hydrogen-bond acceptors (Lipinski definition) is 2. The minimum atomic E-state index is -0.287. The largest absolute Gasteiger partial charge is 0.356 e. The first-order valence-corrected chi connectivity index (χ1v) is 6.51. The van der Waals surface area contributed by atoms with E-state index in [-0.39, 0.29) is 6.03 Å². The molecule has 0 spiro atoms. The molecule has 0 saturated heterocycles. The number of nitrogens with zero attached hydrogens (tertiary/aromatic N) is 1. The molecule has 104 valence electrons.